The van der Waals surface area contributed by atoms with Crippen LogP contribution in [0.1, 0.15) is 38.2 Å². The summed E-state index contributed by atoms with van der Waals surface area (Å²) in [6.45, 7) is 2.90. The van der Waals surface area contributed by atoms with Crippen LogP contribution in [-0.2, 0) is 11.3 Å². The van der Waals surface area contributed by atoms with Crippen LogP contribution in [0.25, 0.3) is 0 Å². The molecule has 90 valence electrons. The Morgan fingerprint density at radius 3 is 2.56 bits per heavy atom. The third-order valence-electron chi connectivity index (χ3n) is 2.66. The maximum Gasteiger partial charge on any atom is 0.0810 e. The summed E-state index contributed by atoms with van der Waals surface area (Å²) in [5, 5.41) is 9.18. The Hall–Kier alpha value is -0.860. The summed E-state index contributed by atoms with van der Waals surface area (Å²) in [4.78, 5) is 0. The summed E-state index contributed by atoms with van der Waals surface area (Å²) in [5.74, 6) is 0. The molecule has 0 aliphatic carbocycles. The van der Waals surface area contributed by atoms with Gasteiger partial charge in [-0.05, 0) is 12.0 Å². The maximum atomic E-state index is 9.18. The number of hydrogen-bond acceptors (Lipinski definition) is 2. The van der Waals surface area contributed by atoms with Crippen molar-refractivity contribution in [1.29, 1.82) is 0 Å². The summed E-state index contributed by atoms with van der Waals surface area (Å²) >= 11 is 0. The first-order valence-electron chi connectivity index (χ1n) is 6.13. The Kier molecular flexibility index (Phi) is 6.86. The van der Waals surface area contributed by atoms with E-state index in [1.807, 2.05) is 30.3 Å². The van der Waals surface area contributed by atoms with E-state index in [0.717, 1.165) is 18.4 Å². The molecular weight excluding hydrogens is 200 g/mol. The summed E-state index contributed by atoms with van der Waals surface area (Å²) in [7, 11) is 0. The Morgan fingerprint density at radius 2 is 1.94 bits per heavy atom. The van der Waals surface area contributed by atoms with Gasteiger partial charge in [0, 0.05) is 0 Å². The van der Waals surface area contributed by atoms with Crippen molar-refractivity contribution in [2.24, 2.45) is 0 Å². The van der Waals surface area contributed by atoms with Crippen LogP contribution in [0.5, 0.6) is 0 Å². The van der Waals surface area contributed by atoms with Crippen molar-refractivity contribution in [3.8, 4) is 0 Å². The highest BCUT2D eigenvalue weighted by Gasteiger charge is 2.07. The van der Waals surface area contributed by atoms with Crippen molar-refractivity contribution in [3.63, 3.8) is 0 Å². The molecule has 0 aliphatic heterocycles. The summed E-state index contributed by atoms with van der Waals surface area (Å²) in [6.07, 6.45) is 4.50. The van der Waals surface area contributed by atoms with Crippen LogP contribution in [-0.4, -0.2) is 17.8 Å². The standard InChI is InChI=1S/C14H22O2/c1-2-3-5-10-14(11-15)16-12-13-8-6-4-7-9-13/h4,6-9,14-15H,2-3,5,10-12H2,1H3. The molecular formula is C14H22O2. The lowest BCUT2D eigenvalue weighted by Crippen LogP contribution is -2.17. The van der Waals surface area contributed by atoms with E-state index in [2.05, 4.69) is 6.92 Å². The minimum atomic E-state index is -0.00763. The minimum Gasteiger partial charge on any atom is -0.394 e. The van der Waals surface area contributed by atoms with Crippen molar-refractivity contribution in [2.45, 2.75) is 45.3 Å². The molecule has 0 radical (unpaired) electrons. The van der Waals surface area contributed by atoms with Crippen molar-refractivity contribution in [3.05, 3.63) is 35.9 Å². The Balaban J connectivity index is 2.23. The van der Waals surface area contributed by atoms with Gasteiger partial charge in [-0.2, -0.15) is 0 Å². The summed E-state index contributed by atoms with van der Waals surface area (Å²) < 4.78 is 5.67. The molecule has 0 heterocycles. The molecule has 0 bridgehead atoms. The smallest absolute Gasteiger partial charge is 0.0810 e. The van der Waals surface area contributed by atoms with Gasteiger partial charge in [0.05, 0.1) is 19.3 Å². The largest absolute Gasteiger partial charge is 0.394 e. The van der Waals surface area contributed by atoms with Gasteiger partial charge >= 0.3 is 0 Å². The predicted molar refractivity (Wildman–Crippen MR) is 66.2 cm³/mol. The van der Waals surface area contributed by atoms with Crippen LogP contribution in [0.4, 0.5) is 0 Å². The van der Waals surface area contributed by atoms with Gasteiger partial charge in [0.1, 0.15) is 0 Å². The highest BCUT2D eigenvalue weighted by atomic mass is 16.5. The van der Waals surface area contributed by atoms with Gasteiger partial charge in [-0.3, -0.25) is 0 Å². The molecule has 1 atom stereocenters. The van der Waals surface area contributed by atoms with E-state index < -0.39 is 0 Å². The van der Waals surface area contributed by atoms with E-state index >= 15 is 0 Å². The average molecular weight is 222 g/mol. The lowest BCUT2D eigenvalue weighted by Gasteiger charge is -2.15. The van der Waals surface area contributed by atoms with E-state index in [-0.39, 0.29) is 12.7 Å². The fraction of sp³-hybridized carbons (Fsp3) is 0.571. The normalized spacial score (nSPS) is 12.6. The number of aliphatic hydroxyl groups excluding tert-OH is 1. The van der Waals surface area contributed by atoms with E-state index in [4.69, 9.17) is 4.74 Å². The third-order valence-corrected chi connectivity index (χ3v) is 2.66. The number of ether oxygens (including phenoxy) is 1. The van der Waals surface area contributed by atoms with Crippen LogP contribution in [0, 0.1) is 0 Å². The average Bonchev–Trinajstić information content (AvgIpc) is 2.35. The van der Waals surface area contributed by atoms with E-state index in [9.17, 15) is 5.11 Å². The van der Waals surface area contributed by atoms with Crippen LogP contribution >= 0.6 is 0 Å². The highest BCUT2D eigenvalue weighted by Crippen LogP contribution is 2.09. The molecule has 1 N–H and O–H groups in total. The van der Waals surface area contributed by atoms with E-state index in [0.29, 0.717) is 6.61 Å². The molecule has 1 unspecified atom stereocenters. The summed E-state index contributed by atoms with van der Waals surface area (Å²) in [6, 6.07) is 10.1. The SMILES string of the molecule is CCCCCC(CO)OCc1ccccc1. The van der Waals surface area contributed by atoms with Crippen LogP contribution in [0.2, 0.25) is 0 Å². The fourth-order valence-electron chi connectivity index (χ4n) is 1.64. The lowest BCUT2D eigenvalue weighted by molar-refractivity contribution is -0.00342. The molecule has 1 rings (SSSR count). The molecule has 0 aliphatic rings. The number of unbranched alkanes of at least 4 members (excludes halogenated alkanes) is 2. The van der Waals surface area contributed by atoms with Crippen molar-refractivity contribution in [2.75, 3.05) is 6.61 Å². The van der Waals surface area contributed by atoms with Gasteiger partial charge in [-0.25, -0.2) is 0 Å². The van der Waals surface area contributed by atoms with Crippen LogP contribution < -0.4 is 0 Å². The topological polar surface area (TPSA) is 29.5 Å². The first-order chi connectivity index (χ1) is 7.86. The van der Waals surface area contributed by atoms with E-state index in [1.54, 1.807) is 0 Å². The molecule has 2 nitrogen and oxygen atoms in total. The molecule has 0 saturated carbocycles. The number of benzene rings is 1. The fourth-order valence-corrected chi connectivity index (χ4v) is 1.64. The molecule has 0 amide bonds. The monoisotopic (exact) mass is 222 g/mol. The Bertz CT molecular complexity index is 259. The zero-order valence-electron chi connectivity index (χ0n) is 10.1. The van der Waals surface area contributed by atoms with Gasteiger partial charge in [0.25, 0.3) is 0 Å². The van der Waals surface area contributed by atoms with Crippen LogP contribution in [0.3, 0.4) is 0 Å². The van der Waals surface area contributed by atoms with E-state index in [1.165, 1.54) is 12.8 Å². The molecule has 0 fully saturated rings. The first kappa shape index (κ1) is 13.2. The van der Waals surface area contributed by atoms with Crippen molar-refractivity contribution < 1.29 is 9.84 Å². The predicted octanol–water partition coefficient (Wildman–Crippen LogP) is 3.14. The molecule has 2 heteroatoms. The van der Waals surface area contributed by atoms with Gasteiger partial charge in [0.15, 0.2) is 0 Å². The molecule has 0 spiro atoms. The summed E-state index contributed by atoms with van der Waals surface area (Å²) in [5.41, 5.74) is 1.16. The third kappa shape index (κ3) is 5.29. The molecule has 1 aromatic rings. The minimum absolute atomic E-state index is 0.00763. The lowest BCUT2D eigenvalue weighted by atomic mass is 10.1. The van der Waals surface area contributed by atoms with Gasteiger partial charge in [-0.1, -0.05) is 56.5 Å². The van der Waals surface area contributed by atoms with Crippen LogP contribution in [0.15, 0.2) is 30.3 Å². The number of hydrogen-bond donors (Lipinski definition) is 1. The highest BCUT2D eigenvalue weighted by molar-refractivity contribution is 5.13. The Labute approximate surface area is 98.3 Å². The second kappa shape index (κ2) is 8.31. The molecule has 0 saturated heterocycles. The Morgan fingerprint density at radius 1 is 1.19 bits per heavy atom. The molecule has 16 heavy (non-hydrogen) atoms. The van der Waals surface area contributed by atoms with Gasteiger partial charge in [0.2, 0.25) is 0 Å². The zero-order chi connectivity index (χ0) is 11.6. The quantitative estimate of drug-likeness (QED) is 0.685. The molecule has 1 aromatic carbocycles. The second-order valence-corrected chi connectivity index (χ2v) is 4.10. The number of rotatable bonds is 8. The van der Waals surface area contributed by atoms with Crippen molar-refractivity contribution >= 4 is 0 Å². The second-order valence-electron chi connectivity index (χ2n) is 4.10. The molecule has 0 aromatic heterocycles. The van der Waals surface area contributed by atoms with Crippen molar-refractivity contribution in [1.82, 2.24) is 0 Å². The van der Waals surface area contributed by atoms with Gasteiger partial charge < -0.3 is 9.84 Å². The zero-order valence-corrected chi connectivity index (χ0v) is 10.1. The number of aliphatic hydroxyl groups is 1. The van der Waals surface area contributed by atoms with Gasteiger partial charge in [-0.15, -0.1) is 0 Å². The first-order valence-corrected chi connectivity index (χ1v) is 6.13. The maximum absolute atomic E-state index is 9.18.